The van der Waals surface area contributed by atoms with Crippen molar-refractivity contribution in [3.05, 3.63) is 35.9 Å². The maximum Gasteiger partial charge on any atom is 0.310 e. The van der Waals surface area contributed by atoms with E-state index < -0.39 is 12.1 Å². The monoisotopic (exact) mass is 251 g/mol. The summed E-state index contributed by atoms with van der Waals surface area (Å²) in [6, 6.07) is 8.63. The molecule has 0 aliphatic carbocycles. The van der Waals surface area contributed by atoms with Crippen LogP contribution in [0.25, 0.3) is 0 Å². The second-order valence-corrected chi connectivity index (χ2v) is 3.80. The van der Waals surface area contributed by atoms with E-state index in [1.807, 2.05) is 6.07 Å². The van der Waals surface area contributed by atoms with Crippen molar-refractivity contribution >= 4 is 11.9 Å². The lowest BCUT2D eigenvalue weighted by atomic mass is 10.2. The number of aliphatic hydroxyl groups excluding tert-OH is 1. The highest BCUT2D eigenvalue weighted by atomic mass is 16.5. The van der Waals surface area contributed by atoms with Gasteiger partial charge in [-0.05, 0) is 18.6 Å². The standard InChI is InChI=1S/C13H17NO4/c1-2-11(15)8-12(16)18-9-14-13(17)10-6-4-3-5-7-10/h3-7,11,15H,2,8-9H2,1H3,(H,14,17)/t11-/m1/s1. The molecule has 0 saturated carbocycles. The molecule has 0 aliphatic rings. The molecule has 2 N–H and O–H groups in total. The van der Waals surface area contributed by atoms with E-state index >= 15 is 0 Å². The highest BCUT2D eigenvalue weighted by molar-refractivity contribution is 5.94. The van der Waals surface area contributed by atoms with Crippen LogP contribution in [0.15, 0.2) is 30.3 Å². The van der Waals surface area contributed by atoms with Crippen LogP contribution in [-0.2, 0) is 9.53 Å². The molecule has 0 bridgehead atoms. The number of hydrogen-bond acceptors (Lipinski definition) is 4. The summed E-state index contributed by atoms with van der Waals surface area (Å²) in [4.78, 5) is 22.7. The van der Waals surface area contributed by atoms with Gasteiger partial charge in [0.1, 0.15) is 0 Å². The average Bonchev–Trinajstić information content (AvgIpc) is 2.39. The predicted molar refractivity (Wildman–Crippen MR) is 65.8 cm³/mol. The number of benzene rings is 1. The van der Waals surface area contributed by atoms with Crippen molar-refractivity contribution in [1.82, 2.24) is 5.32 Å². The third kappa shape index (κ3) is 4.97. The van der Waals surface area contributed by atoms with Gasteiger partial charge < -0.3 is 15.2 Å². The number of esters is 1. The molecule has 0 aliphatic heterocycles. The zero-order valence-corrected chi connectivity index (χ0v) is 10.3. The van der Waals surface area contributed by atoms with Crippen LogP contribution >= 0.6 is 0 Å². The van der Waals surface area contributed by atoms with Crippen molar-refractivity contribution < 1.29 is 19.4 Å². The first-order valence-electron chi connectivity index (χ1n) is 5.80. The lowest BCUT2D eigenvalue weighted by molar-refractivity contribution is -0.146. The van der Waals surface area contributed by atoms with Crippen molar-refractivity contribution in [3.63, 3.8) is 0 Å². The molecule has 0 aromatic heterocycles. The van der Waals surface area contributed by atoms with E-state index in [2.05, 4.69) is 5.32 Å². The van der Waals surface area contributed by atoms with Crippen LogP contribution in [0, 0.1) is 0 Å². The molecule has 0 spiro atoms. The molecule has 98 valence electrons. The second kappa shape index (κ2) is 7.45. The van der Waals surface area contributed by atoms with Crippen molar-refractivity contribution in [1.29, 1.82) is 0 Å². The van der Waals surface area contributed by atoms with Gasteiger partial charge in [-0.1, -0.05) is 25.1 Å². The van der Waals surface area contributed by atoms with E-state index in [-0.39, 0.29) is 19.1 Å². The highest BCUT2D eigenvalue weighted by Gasteiger charge is 2.10. The number of carbonyl (C=O) groups is 2. The summed E-state index contributed by atoms with van der Waals surface area (Å²) in [6.45, 7) is 1.58. The van der Waals surface area contributed by atoms with E-state index in [1.165, 1.54) is 0 Å². The van der Waals surface area contributed by atoms with Crippen molar-refractivity contribution in [2.75, 3.05) is 6.73 Å². The molecule has 0 fully saturated rings. The van der Waals surface area contributed by atoms with Gasteiger partial charge in [0.15, 0.2) is 6.73 Å². The minimum absolute atomic E-state index is 0.0578. The number of aliphatic hydroxyl groups is 1. The summed E-state index contributed by atoms with van der Waals surface area (Å²) in [5, 5.41) is 11.7. The predicted octanol–water partition coefficient (Wildman–Crippen LogP) is 1.08. The van der Waals surface area contributed by atoms with E-state index in [0.717, 1.165) is 0 Å². The fraction of sp³-hybridized carbons (Fsp3) is 0.385. The van der Waals surface area contributed by atoms with Gasteiger partial charge in [0.05, 0.1) is 12.5 Å². The summed E-state index contributed by atoms with van der Waals surface area (Å²) in [5.74, 6) is -0.836. The van der Waals surface area contributed by atoms with E-state index in [9.17, 15) is 14.7 Å². The Morgan fingerprint density at radius 3 is 2.61 bits per heavy atom. The SMILES string of the molecule is CC[C@@H](O)CC(=O)OCNC(=O)c1ccccc1. The molecule has 0 radical (unpaired) electrons. The van der Waals surface area contributed by atoms with Crippen LogP contribution in [0.5, 0.6) is 0 Å². The van der Waals surface area contributed by atoms with Gasteiger partial charge in [0.25, 0.3) is 5.91 Å². The Kier molecular flexibility index (Phi) is 5.87. The lowest BCUT2D eigenvalue weighted by Crippen LogP contribution is -2.28. The molecular weight excluding hydrogens is 234 g/mol. The molecular formula is C13H17NO4. The molecule has 1 atom stereocenters. The molecule has 1 rings (SSSR count). The molecule has 5 heteroatoms. The van der Waals surface area contributed by atoms with Crippen LogP contribution < -0.4 is 5.32 Å². The van der Waals surface area contributed by atoms with Gasteiger partial charge in [-0.3, -0.25) is 9.59 Å². The number of ether oxygens (including phenoxy) is 1. The molecule has 1 amide bonds. The zero-order valence-electron chi connectivity index (χ0n) is 10.3. The van der Waals surface area contributed by atoms with Crippen LogP contribution in [0.4, 0.5) is 0 Å². The van der Waals surface area contributed by atoms with Gasteiger partial charge in [-0.2, -0.15) is 0 Å². The van der Waals surface area contributed by atoms with Crippen LogP contribution in [0.2, 0.25) is 0 Å². The number of rotatable bonds is 6. The molecule has 1 aromatic rings. The molecule has 18 heavy (non-hydrogen) atoms. The first-order valence-corrected chi connectivity index (χ1v) is 5.80. The summed E-state index contributed by atoms with van der Waals surface area (Å²) < 4.78 is 4.78. The van der Waals surface area contributed by atoms with Gasteiger partial charge >= 0.3 is 5.97 Å². The summed E-state index contributed by atoms with van der Waals surface area (Å²) in [5.41, 5.74) is 0.502. The largest absolute Gasteiger partial charge is 0.444 e. The molecule has 1 aromatic carbocycles. The van der Waals surface area contributed by atoms with Crippen molar-refractivity contribution in [2.24, 2.45) is 0 Å². The quantitative estimate of drug-likeness (QED) is 0.586. The Bertz CT molecular complexity index is 391. The molecule has 5 nitrogen and oxygen atoms in total. The number of nitrogens with one attached hydrogen (secondary N) is 1. The summed E-state index contributed by atoms with van der Waals surface area (Å²) in [7, 11) is 0. The Morgan fingerprint density at radius 2 is 2.00 bits per heavy atom. The number of hydrogen-bond donors (Lipinski definition) is 2. The van der Waals surface area contributed by atoms with Crippen LogP contribution in [0.3, 0.4) is 0 Å². The number of carbonyl (C=O) groups excluding carboxylic acids is 2. The molecule has 0 saturated heterocycles. The minimum Gasteiger partial charge on any atom is -0.444 e. The fourth-order valence-electron chi connectivity index (χ4n) is 1.27. The Labute approximate surface area is 106 Å². The first-order chi connectivity index (χ1) is 8.63. The normalized spacial score (nSPS) is 11.7. The topological polar surface area (TPSA) is 75.6 Å². The Morgan fingerprint density at radius 1 is 1.33 bits per heavy atom. The third-order valence-corrected chi connectivity index (χ3v) is 2.38. The molecule has 0 heterocycles. The summed E-state index contributed by atoms with van der Waals surface area (Å²) >= 11 is 0. The Balaban J connectivity index is 2.26. The minimum atomic E-state index is -0.692. The maximum atomic E-state index is 11.6. The third-order valence-electron chi connectivity index (χ3n) is 2.38. The lowest BCUT2D eigenvalue weighted by Gasteiger charge is -2.09. The van der Waals surface area contributed by atoms with E-state index in [0.29, 0.717) is 12.0 Å². The zero-order chi connectivity index (χ0) is 13.4. The van der Waals surface area contributed by atoms with Gasteiger partial charge in [0, 0.05) is 5.56 Å². The highest BCUT2D eigenvalue weighted by Crippen LogP contribution is 1.99. The first kappa shape index (κ1) is 14.2. The fourth-order valence-corrected chi connectivity index (χ4v) is 1.27. The smallest absolute Gasteiger partial charge is 0.310 e. The average molecular weight is 251 g/mol. The molecule has 0 unspecified atom stereocenters. The van der Waals surface area contributed by atoms with Crippen molar-refractivity contribution in [2.45, 2.75) is 25.9 Å². The van der Waals surface area contributed by atoms with Gasteiger partial charge in [-0.15, -0.1) is 0 Å². The van der Waals surface area contributed by atoms with Crippen LogP contribution in [-0.4, -0.2) is 29.8 Å². The van der Waals surface area contributed by atoms with E-state index in [1.54, 1.807) is 31.2 Å². The van der Waals surface area contributed by atoms with Crippen LogP contribution in [0.1, 0.15) is 30.1 Å². The van der Waals surface area contributed by atoms with Gasteiger partial charge in [0.2, 0.25) is 0 Å². The van der Waals surface area contributed by atoms with E-state index in [4.69, 9.17) is 4.74 Å². The maximum absolute atomic E-state index is 11.6. The summed E-state index contributed by atoms with van der Waals surface area (Å²) in [6.07, 6.45) is -0.259. The van der Waals surface area contributed by atoms with Crippen molar-refractivity contribution in [3.8, 4) is 0 Å². The Hall–Kier alpha value is -1.88. The second-order valence-electron chi connectivity index (χ2n) is 3.80. The number of amides is 1. The van der Waals surface area contributed by atoms with Gasteiger partial charge in [-0.25, -0.2) is 0 Å².